The Morgan fingerprint density at radius 3 is 2.72 bits per heavy atom. The van der Waals surface area contributed by atoms with Crippen LogP contribution in [0.1, 0.15) is 5.69 Å². The number of piperazine rings is 1. The Kier molecular flexibility index (Phi) is 6.86. The predicted molar refractivity (Wildman–Crippen MR) is 114 cm³/mol. The maximum Gasteiger partial charge on any atom is 0.260 e. The summed E-state index contributed by atoms with van der Waals surface area (Å²) in [7, 11) is 0. The van der Waals surface area contributed by atoms with Gasteiger partial charge in [0, 0.05) is 56.2 Å². The fourth-order valence-electron chi connectivity index (χ4n) is 3.44. The summed E-state index contributed by atoms with van der Waals surface area (Å²) in [4.78, 5) is 23.7. The zero-order valence-electron chi connectivity index (χ0n) is 16.3. The number of ether oxygens (including phenoxy) is 2. The summed E-state index contributed by atoms with van der Waals surface area (Å²) >= 11 is 7.62. The molecular formula is C20H25ClN4O3S. The molecule has 2 fully saturated rings. The largest absolute Gasteiger partial charge is 0.484 e. The Balaban J connectivity index is 1.23. The van der Waals surface area contributed by atoms with E-state index < -0.39 is 0 Å². The van der Waals surface area contributed by atoms with Crippen LogP contribution in [0.3, 0.4) is 0 Å². The number of nitrogens with zero attached hydrogens (tertiary/aromatic N) is 4. The van der Waals surface area contributed by atoms with Gasteiger partial charge >= 0.3 is 0 Å². The minimum Gasteiger partial charge on any atom is -0.484 e. The van der Waals surface area contributed by atoms with Crippen LogP contribution in [0.2, 0.25) is 5.02 Å². The fourth-order valence-corrected chi connectivity index (χ4v) is 4.49. The third kappa shape index (κ3) is 5.60. The van der Waals surface area contributed by atoms with E-state index >= 15 is 0 Å². The molecule has 0 aliphatic carbocycles. The second-order valence-corrected chi connectivity index (χ2v) is 8.40. The van der Waals surface area contributed by atoms with Gasteiger partial charge in [-0.25, -0.2) is 4.98 Å². The van der Waals surface area contributed by atoms with Crippen LogP contribution in [0.15, 0.2) is 29.6 Å². The molecular weight excluding hydrogens is 412 g/mol. The lowest BCUT2D eigenvalue weighted by atomic mass is 10.3. The minimum atomic E-state index is -0.00299. The maximum atomic E-state index is 12.4. The molecule has 1 aromatic carbocycles. The average molecular weight is 437 g/mol. The molecule has 0 radical (unpaired) electrons. The summed E-state index contributed by atoms with van der Waals surface area (Å²) in [6, 6.07) is 7.10. The monoisotopic (exact) mass is 436 g/mol. The fraction of sp³-hybridized carbons (Fsp3) is 0.500. The lowest BCUT2D eigenvalue weighted by Gasteiger charge is -2.34. The highest BCUT2D eigenvalue weighted by molar-refractivity contribution is 7.13. The zero-order chi connectivity index (χ0) is 20.1. The van der Waals surface area contributed by atoms with Crippen molar-refractivity contribution in [1.82, 2.24) is 14.8 Å². The molecule has 1 amide bonds. The quantitative estimate of drug-likeness (QED) is 0.692. The van der Waals surface area contributed by atoms with Crippen LogP contribution in [-0.2, 0) is 16.1 Å². The molecule has 0 spiro atoms. The van der Waals surface area contributed by atoms with Crippen molar-refractivity contribution in [3.8, 4) is 5.75 Å². The van der Waals surface area contributed by atoms with Crippen LogP contribution >= 0.6 is 22.9 Å². The molecule has 3 heterocycles. The molecule has 2 saturated heterocycles. The first-order chi connectivity index (χ1) is 14.2. The van der Waals surface area contributed by atoms with Crippen LogP contribution in [0.25, 0.3) is 0 Å². The van der Waals surface area contributed by atoms with Crippen LogP contribution in [0.4, 0.5) is 5.13 Å². The molecule has 0 unspecified atom stereocenters. The normalized spacial score (nSPS) is 18.1. The number of thiazole rings is 1. The number of morpholine rings is 1. The van der Waals surface area contributed by atoms with Crippen LogP contribution in [0, 0.1) is 0 Å². The molecule has 0 bridgehead atoms. The Morgan fingerprint density at radius 2 is 1.97 bits per heavy atom. The molecule has 2 aliphatic heterocycles. The summed E-state index contributed by atoms with van der Waals surface area (Å²) in [5.74, 6) is 0.608. The van der Waals surface area contributed by atoms with E-state index in [1.807, 2.05) is 11.0 Å². The molecule has 2 aliphatic rings. The van der Waals surface area contributed by atoms with Crippen molar-refractivity contribution >= 4 is 34.0 Å². The SMILES string of the molecule is O=C(COc1cccc(Cl)c1)N1CCN(c2nc(CN3CCOCC3)cs2)CC1. The van der Waals surface area contributed by atoms with Gasteiger partial charge in [0.2, 0.25) is 0 Å². The second kappa shape index (κ2) is 9.75. The van der Waals surface area contributed by atoms with Gasteiger partial charge in [-0.1, -0.05) is 17.7 Å². The van der Waals surface area contributed by atoms with Crippen molar-refractivity contribution in [3.05, 3.63) is 40.4 Å². The highest BCUT2D eigenvalue weighted by atomic mass is 35.5. The second-order valence-electron chi connectivity index (χ2n) is 7.12. The molecule has 29 heavy (non-hydrogen) atoms. The molecule has 0 N–H and O–H groups in total. The van der Waals surface area contributed by atoms with E-state index in [-0.39, 0.29) is 12.5 Å². The Morgan fingerprint density at radius 1 is 1.17 bits per heavy atom. The number of rotatable bonds is 6. The van der Waals surface area contributed by atoms with E-state index in [0.717, 1.165) is 56.8 Å². The topological polar surface area (TPSA) is 58.1 Å². The smallest absolute Gasteiger partial charge is 0.260 e. The molecule has 2 aromatic rings. The average Bonchev–Trinajstić information content (AvgIpc) is 3.21. The van der Waals surface area contributed by atoms with Crippen molar-refractivity contribution in [2.75, 3.05) is 64.0 Å². The number of carbonyl (C=O) groups excluding carboxylic acids is 1. The van der Waals surface area contributed by atoms with Gasteiger partial charge in [-0.05, 0) is 18.2 Å². The molecule has 7 nitrogen and oxygen atoms in total. The Hall–Kier alpha value is -1.87. The molecule has 4 rings (SSSR count). The standard InChI is InChI=1S/C20H25ClN4O3S/c21-16-2-1-3-18(12-16)28-14-19(26)24-4-6-25(7-5-24)20-22-17(15-29-20)13-23-8-10-27-11-9-23/h1-3,12,15H,4-11,13-14H2. The van der Waals surface area contributed by atoms with Crippen molar-refractivity contribution in [1.29, 1.82) is 0 Å². The zero-order valence-corrected chi connectivity index (χ0v) is 17.8. The van der Waals surface area contributed by atoms with E-state index in [1.165, 1.54) is 0 Å². The predicted octanol–water partition coefficient (Wildman–Crippen LogP) is 2.36. The number of hydrogen-bond acceptors (Lipinski definition) is 7. The van der Waals surface area contributed by atoms with Crippen LogP contribution in [-0.4, -0.2) is 79.8 Å². The number of benzene rings is 1. The number of aromatic nitrogens is 1. The maximum absolute atomic E-state index is 12.4. The van der Waals surface area contributed by atoms with Gasteiger partial charge in [0.1, 0.15) is 5.75 Å². The van der Waals surface area contributed by atoms with E-state index in [2.05, 4.69) is 15.2 Å². The number of carbonyl (C=O) groups is 1. The van der Waals surface area contributed by atoms with Gasteiger partial charge in [0.25, 0.3) is 5.91 Å². The summed E-state index contributed by atoms with van der Waals surface area (Å²) in [5.41, 5.74) is 1.11. The van der Waals surface area contributed by atoms with Crippen LogP contribution in [0.5, 0.6) is 5.75 Å². The summed E-state index contributed by atoms with van der Waals surface area (Å²) in [6.45, 7) is 7.35. The van der Waals surface area contributed by atoms with Gasteiger partial charge in [0.15, 0.2) is 11.7 Å². The Labute approximate surface area is 179 Å². The minimum absolute atomic E-state index is 0.00299. The van der Waals surface area contributed by atoms with Crippen LogP contribution < -0.4 is 9.64 Å². The van der Waals surface area contributed by atoms with Gasteiger partial charge in [0.05, 0.1) is 18.9 Å². The van der Waals surface area contributed by atoms with Crippen molar-refractivity contribution < 1.29 is 14.3 Å². The molecule has 156 valence electrons. The third-order valence-corrected chi connectivity index (χ3v) is 6.28. The van der Waals surface area contributed by atoms with Crippen molar-refractivity contribution in [3.63, 3.8) is 0 Å². The number of halogens is 1. The van der Waals surface area contributed by atoms with E-state index in [9.17, 15) is 4.79 Å². The highest BCUT2D eigenvalue weighted by Crippen LogP contribution is 2.23. The van der Waals surface area contributed by atoms with Gasteiger partial charge in [-0.15, -0.1) is 11.3 Å². The van der Waals surface area contributed by atoms with Gasteiger partial charge in [-0.3, -0.25) is 9.69 Å². The first-order valence-corrected chi connectivity index (χ1v) is 11.1. The lowest BCUT2D eigenvalue weighted by Crippen LogP contribution is -2.50. The van der Waals surface area contributed by atoms with Gasteiger partial charge in [-0.2, -0.15) is 0 Å². The molecule has 0 saturated carbocycles. The first kappa shape index (κ1) is 20.4. The number of amides is 1. The highest BCUT2D eigenvalue weighted by Gasteiger charge is 2.23. The lowest BCUT2D eigenvalue weighted by molar-refractivity contribution is -0.133. The Bertz CT molecular complexity index is 820. The van der Waals surface area contributed by atoms with Crippen molar-refractivity contribution in [2.45, 2.75) is 6.54 Å². The van der Waals surface area contributed by atoms with E-state index in [4.69, 9.17) is 26.1 Å². The summed E-state index contributed by atoms with van der Waals surface area (Å²) in [5, 5.41) is 3.77. The van der Waals surface area contributed by atoms with E-state index in [0.29, 0.717) is 23.9 Å². The summed E-state index contributed by atoms with van der Waals surface area (Å²) in [6.07, 6.45) is 0. The van der Waals surface area contributed by atoms with Crippen molar-refractivity contribution in [2.24, 2.45) is 0 Å². The molecule has 0 atom stereocenters. The molecule has 9 heteroatoms. The molecule has 1 aromatic heterocycles. The number of hydrogen-bond donors (Lipinski definition) is 0. The van der Waals surface area contributed by atoms with E-state index in [1.54, 1.807) is 29.5 Å². The first-order valence-electron chi connectivity index (χ1n) is 9.83. The number of anilines is 1. The summed E-state index contributed by atoms with van der Waals surface area (Å²) < 4.78 is 11.0. The van der Waals surface area contributed by atoms with Gasteiger partial charge < -0.3 is 19.3 Å². The third-order valence-electron chi connectivity index (χ3n) is 5.09.